The maximum absolute atomic E-state index is 13.2. The molecule has 41 heavy (non-hydrogen) atoms. The van der Waals surface area contributed by atoms with Crippen LogP contribution in [0.2, 0.25) is 0 Å². The Morgan fingerprint density at radius 3 is 2.56 bits per heavy atom. The molecule has 0 aliphatic carbocycles. The largest absolute Gasteiger partial charge is 0.495 e. The molecule has 0 radical (unpaired) electrons. The molecule has 5 aromatic rings. The van der Waals surface area contributed by atoms with Crippen LogP contribution in [-0.4, -0.2) is 73.7 Å². The zero-order valence-corrected chi connectivity index (χ0v) is 24.2. The van der Waals surface area contributed by atoms with Crippen molar-refractivity contribution in [1.82, 2.24) is 34.5 Å². The molecule has 0 spiro atoms. The third-order valence-electron chi connectivity index (χ3n) is 6.88. The van der Waals surface area contributed by atoms with E-state index in [1.165, 1.54) is 28.7 Å². The Balaban J connectivity index is 1.13. The van der Waals surface area contributed by atoms with Gasteiger partial charge in [-0.05, 0) is 29.8 Å². The predicted molar refractivity (Wildman–Crippen MR) is 160 cm³/mol. The van der Waals surface area contributed by atoms with E-state index in [0.717, 1.165) is 35.9 Å². The summed E-state index contributed by atoms with van der Waals surface area (Å²) in [6.45, 7) is 4.01. The van der Waals surface area contributed by atoms with Crippen LogP contribution in [0, 0.1) is 0 Å². The lowest BCUT2D eigenvalue weighted by Crippen LogP contribution is -2.48. The lowest BCUT2D eigenvalue weighted by molar-refractivity contribution is 0.0623. The van der Waals surface area contributed by atoms with E-state index in [-0.39, 0.29) is 5.91 Å². The second kappa shape index (κ2) is 12.6. The molecule has 1 aliphatic rings. The average molecular weight is 584 g/mol. The smallest absolute Gasteiger partial charge is 0.273 e. The Hall–Kier alpha value is -4.06. The Morgan fingerprint density at radius 2 is 1.78 bits per heavy atom. The van der Waals surface area contributed by atoms with Crippen LogP contribution >= 0.6 is 23.1 Å². The number of carbonyl (C=O) groups excluding carboxylic acids is 1. The Bertz CT molecular complexity index is 1600. The fourth-order valence-electron chi connectivity index (χ4n) is 4.79. The summed E-state index contributed by atoms with van der Waals surface area (Å²) in [6, 6.07) is 22.1. The van der Waals surface area contributed by atoms with E-state index in [2.05, 4.69) is 49.3 Å². The summed E-state index contributed by atoms with van der Waals surface area (Å²) in [7, 11) is 1.65. The van der Waals surface area contributed by atoms with Gasteiger partial charge in [0, 0.05) is 56.1 Å². The topological polar surface area (TPSA) is 89.3 Å². The SMILES string of the molecule is COc1ccccc1-n1c(SCc2nc(C(=O)N3CCN(Cc4ccccc4)CC3)cs2)nnc1-c1cccnc1. The number of rotatable bonds is 9. The number of thioether (sulfide) groups is 1. The summed E-state index contributed by atoms with van der Waals surface area (Å²) in [6.07, 6.45) is 3.50. The Morgan fingerprint density at radius 1 is 0.976 bits per heavy atom. The molecule has 1 aliphatic heterocycles. The minimum Gasteiger partial charge on any atom is -0.495 e. The van der Waals surface area contributed by atoms with Gasteiger partial charge in [-0.15, -0.1) is 21.5 Å². The minimum atomic E-state index is -0.00656. The number of carbonyl (C=O) groups is 1. The van der Waals surface area contributed by atoms with Gasteiger partial charge in [-0.3, -0.25) is 19.2 Å². The van der Waals surface area contributed by atoms with Crippen molar-refractivity contribution in [1.29, 1.82) is 0 Å². The van der Waals surface area contributed by atoms with Crippen LogP contribution in [0.25, 0.3) is 17.1 Å². The lowest BCUT2D eigenvalue weighted by Gasteiger charge is -2.34. The molecule has 9 nitrogen and oxygen atoms in total. The summed E-state index contributed by atoms with van der Waals surface area (Å²) in [5.74, 6) is 1.94. The number of thiazole rings is 1. The highest BCUT2D eigenvalue weighted by Crippen LogP contribution is 2.33. The summed E-state index contributed by atoms with van der Waals surface area (Å²) < 4.78 is 7.63. The van der Waals surface area contributed by atoms with Crippen LogP contribution in [0.3, 0.4) is 0 Å². The number of aromatic nitrogens is 5. The van der Waals surface area contributed by atoms with Gasteiger partial charge in [0.15, 0.2) is 11.0 Å². The van der Waals surface area contributed by atoms with Crippen molar-refractivity contribution in [2.45, 2.75) is 17.5 Å². The van der Waals surface area contributed by atoms with Gasteiger partial charge < -0.3 is 9.64 Å². The average Bonchev–Trinajstić information content (AvgIpc) is 3.68. The maximum atomic E-state index is 13.2. The monoisotopic (exact) mass is 583 g/mol. The number of methoxy groups -OCH3 is 1. The van der Waals surface area contributed by atoms with E-state index in [1.807, 2.05) is 57.3 Å². The molecule has 1 fully saturated rings. The molecule has 11 heteroatoms. The van der Waals surface area contributed by atoms with E-state index in [4.69, 9.17) is 4.74 Å². The van der Waals surface area contributed by atoms with Crippen molar-refractivity contribution in [2.75, 3.05) is 33.3 Å². The number of benzene rings is 2. The highest BCUT2D eigenvalue weighted by Gasteiger charge is 2.24. The highest BCUT2D eigenvalue weighted by molar-refractivity contribution is 7.98. The molecule has 1 amide bonds. The van der Waals surface area contributed by atoms with Crippen LogP contribution in [0.1, 0.15) is 21.1 Å². The second-order valence-electron chi connectivity index (χ2n) is 9.52. The van der Waals surface area contributed by atoms with E-state index >= 15 is 0 Å². The van der Waals surface area contributed by atoms with Gasteiger partial charge in [0.05, 0.1) is 18.6 Å². The number of ether oxygens (including phenoxy) is 1. The number of nitrogens with zero attached hydrogens (tertiary/aromatic N) is 7. The minimum absolute atomic E-state index is 0.00656. The zero-order chi connectivity index (χ0) is 28.0. The number of para-hydroxylation sites is 2. The van der Waals surface area contributed by atoms with Gasteiger partial charge in [0.2, 0.25) is 0 Å². The molecule has 208 valence electrons. The van der Waals surface area contributed by atoms with Crippen molar-refractivity contribution < 1.29 is 9.53 Å². The molecule has 0 unspecified atom stereocenters. The fraction of sp³-hybridized carbons (Fsp3) is 0.233. The normalized spacial score (nSPS) is 13.8. The van der Waals surface area contributed by atoms with Gasteiger partial charge in [0.25, 0.3) is 5.91 Å². The van der Waals surface area contributed by atoms with Crippen molar-refractivity contribution in [2.24, 2.45) is 0 Å². The summed E-state index contributed by atoms with van der Waals surface area (Å²) in [5, 5.41) is 12.4. The van der Waals surface area contributed by atoms with Crippen molar-refractivity contribution >= 4 is 29.0 Å². The molecule has 1 saturated heterocycles. The molecular weight excluding hydrogens is 555 g/mol. The first kappa shape index (κ1) is 27.1. The Labute approximate surface area is 246 Å². The number of piperazine rings is 1. The van der Waals surface area contributed by atoms with Crippen molar-refractivity contribution in [3.05, 3.63) is 101 Å². The first-order valence-corrected chi connectivity index (χ1v) is 15.2. The van der Waals surface area contributed by atoms with E-state index in [1.54, 1.807) is 19.5 Å². The van der Waals surface area contributed by atoms with E-state index in [9.17, 15) is 4.79 Å². The number of hydrogen-bond acceptors (Lipinski definition) is 9. The standard InChI is InChI=1S/C30H29N7O2S2/c1-39-26-12-6-5-11-25(26)37-28(23-10-7-13-31-18-23)33-34-30(37)41-21-27-32-24(20-40-27)29(38)36-16-14-35(15-17-36)19-22-8-3-2-4-9-22/h2-13,18,20H,14-17,19,21H2,1H3. The molecule has 0 N–H and O–H groups in total. The van der Waals surface area contributed by atoms with Crippen LogP contribution in [0.4, 0.5) is 0 Å². The van der Waals surface area contributed by atoms with Crippen molar-refractivity contribution in [3.8, 4) is 22.8 Å². The third-order valence-corrected chi connectivity index (χ3v) is 8.86. The first-order valence-electron chi connectivity index (χ1n) is 13.3. The van der Waals surface area contributed by atoms with Crippen molar-refractivity contribution in [3.63, 3.8) is 0 Å². The molecule has 3 aromatic heterocycles. The van der Waals surface area contributed by atoms with Gasteiger partial charge in [-0.1, -0.05) is 54.2 Å². The Kier molecular flexibility index (Phi) is 8.36. The molecule has 0 atom stereocenters. The van der Waals surface area contributed by atoms with Crippen LogP contribution in [0.5, 0.6) is 5.75 Å². The number of amides is 1. The third kappa shape index (κ3) is 6.17. The maximum Gasteiger partial charge on any atom is 0.273 e. The second-order valence-corrected chi connectivity index (χ2v) is 11.4. The quantitative estimate of drug-likeness (QED) is 0.223. The highest BCUT2D eigenvalue weighted by atomic mass is 32.2. The van der Waals surface area contributed by atoms with Gasteiger partial charge in [-0.25, -0.2) is 4.98 Å². The number of hydrogen-bond donors (Lipinski definition) is 0. The van der Waals surface area contributed by atoms with Gasteiger partial charge >= 0.3 is 0 Å². The summed E-state index contributed by atoms with van der Waals surface area (Å²) in [4.78, 5) is 26.5. The molecule has 2 aromatic carbocycles. The summed E-state index contributed by atoms with van der Waals surface area (Å²) >= 11 is 3.02. The van der Waals surface area contributed by atoms with E-state index in [0.29, 0.717) is 41.3 Å². The summed E-state index contributed by atoms with van der Waals surface area (Å²) in [5.41, 5.74) is 3.49. The zero-order valence-electron chi connectivity index (χ0n) is 22.6. The van der Waals surface area contributed by atoms with Gasteiger partial charge in [-0.2, -0.15) is 0 Å². The molecule has 4 heterocycles. The first-order chi connectivity index (χ1) is 20.2. The fourth-order valence-corrected chi connectivity index (χ4v) is 6.52. The number of pyridine rings is 1. The molecule has 6 rings (SSSR count). The lowest BCUT2D eigenvalue weighted by atomic mass is 10.2. The predicted octanol–water partition coefficient (Wildman–Crippen LogP) is 5.04. The molecule has 0 saturated carbocycles. The van der Waals surface area contributed by atoms with Gasteiger partial charge in [0.1, 0.15) is 16.5 Å². The van der Waals surface area contributed by atoms with Crippen LogP contribution < -0.4 is 4.74 Å². The van der Waals surface area contributed by atoms with Crippen LogP contribution in [-0.2, 0) is 12.3 Å². The van der Waals surface area contributed by atoms with E-state index < -0.39 is 0 Å². The van der Waals surface area contributed by atoms with Crippen LogP contribution in [0.15, 0.2) is 89.7 Å². The molecular formula is C30H29N7O2S2. The molecule has 0 bridgehead atoms.